The molecule has 0 bridgehead atoms. The van der Waals surface area contributed by atoms with Crippen molar-refractivity contribution in [1.29, 1.82) is 0 Å². The predicted molar refractivity (Wildman–Crippen MR) is 123 cm³/mol. The second-order valence-corrected chi connectivity index (χ2v) is 8.87. The van der Waals surface area contributed by atoms with Crippen molar-refractivity contribution in [2.45, 2.75) is 39.2 Å². The lowest BCUT2D eigenvalue weighted by atomic mass is 9.83. The van der Waals surface area contributed by atoms with Crippen LogP contribution in [0.25, 0.3) is 0 Å². The molecule has 4 unspecified atom stereocenters. The number of allylic oxidation sites excluding steroid dienone is 6. The second kappa shape index (κ2) is 9.65. The first-order valence-corrected chi connectivity index (χ1v) is 11.4. The summed E-state index contributed by atoms with van der Waals surface area (Å²) in [5, 5.41) is 6.03. The number of amides is 2. The molecular weight excluding hydrogens is 420 g/mol. The van der Waals surface area contributed by atoms with E-state index in [0.717, 1.165) is 29.9 Å². The number of rotatable bonds is 8. The molecule has 2 aliphatic heterocycles. The van der Waals surface area contributed by atoms with Crippen molar-refractivity contribution in [2.75, 3.05) is 13.2 Å². The molecule has 0 spiro atoms. The van der Waals surface area contributed by atoms with E-state index in [4.69, 9.17) is 9.47 Å². The normalized spacial score (nSPS) is 28.1. The number of fused-ring (bicyclic) bond motifs is 1. The molecule has 1 fully saturated rings. The summed E-state index contributed by atoms with van der Waals surface area (Å²) >= 11 is 0. The Kier molecular flexibility index (Phi) is 6.67. The van der Waals surface area contributed by atoms with Gasteiger partial charge in [0, 0.05) is 30.0 Å². The third-order valence-corrected chi connectivity index (χ3v) is 6.37. The highest BCUT2D eigenvalue weighted by atomic mass is 16.5. The van der Waals surface area contributed by atoms with Crippen molar-refractivity contribution in [1.82, 2.24) is 10.6 Å². The molecule has 0 aromatic rings. The summed E-state index contributed by atoms with van der Waals surface area (Å²) in [5.74, 6) is -0.277. The molecule has 174 valence electrons. The van der Waals surface area contributed by atoms with Crippen LogP contribution in [0.3, 0.4) is 0 Å². The summed E-state index contributed by atoms with van der Waals surface area (Å²) < 4.78 is 11.0. The molecule has 0 aromatic carbocycles. The van der Waals surface area contributed by atoms with Gasteiger partial charge in [-0.1, -0.05) is 43.9 Å². The summed E-state index contributed by atoms with van der Waals surface area (Å²) in [5.41, 5.74) is 2.54. The van der Waals surface area contributed by atoms with Gasteiger partial charge in [-0.05, 0) is 30.9 Å². The van der Waals surface area contributed by atoms with E-state index in [1.54, 1.807) is 6.92 Å². The van der Waals surface area contributed by atoms with Crippen LogP contribution in [-0.2, 0) is 23.9 Å². The Morgan fingerprint density at radius 3 is 2.76 bits per heavy atom. The van der Waals surface area contributed by atoms with Gasteiger partial charge in [-0.2, -0.15) is 0 Å². The first-order valence-electron chi connectivity index (χ1n) is 11.4. The van der Waals surface area contributed by atoms with E-state index >= 15 is 0 Å². The zero-order valence-electron chi connectivity index (χ0n) is 19.1. The molecule has 7 nitrogen and oxygen atoms in total. The fourth-order valence-electron chi connectivity index (χ4n) is 4.66. The Labute approximate surface area is 194 Å². The minimum Gasteiger partial charge on any atom is -0.498 e. The van der Waals surface area contributed by atoms with E-state index in [2.05, 4.69) is 36.3 Å². The second-order valence-electron chi connectivity index (χ2n) is 8.87. The lowest BCUT2D eigenvalue weighted by Gasteiger charge is -2.23. The molecule has 33 heavy (non-hydrogen) atoms. The molecule has 2 N–H and O–H groups in total. The smallest absolute Gasteiger partial charge is 0.333 e. The van der Waals surface area contributed by atoms with Crippen LogP contribution in [0, 0.1) is 17.8 Å². The van der Waals surface area contributed by atoms with E-state index in [9.17, 15) is 14.4 Å². The van der Waals surface area contributed by atoms with Crippen LogP contribution in [0.2, 0.25) is 0 Å². The maximum absolute atomic E-state index is 12.9. The molecular formula is C26H30N2O5. The lowest BCUT2D eigenvalue weighted by Crippen LogP contribution is -2.38. The molecule has 7 heteroatoms. The zero-order valence-corrected chi connectivity index (χ0v) is 19.1. The Hall–Kier alpha value is -3.35. The number of nitrogens with one attached hydrogen (secondary N) is 2. The van der Waals surface area contributed by atoms with Crippen molar-refractivity contribution in [3.8, 4) is 0 Å². The van der Waals surface area contributed by atoms with Gasteiger partial charge in [0.25, 0.3) is 0 Å². The van der Waals surface area contributed by atoms with Gasteiger partial charge >= 0.3 is 5.97 Å². The zero-order chi connectivity index (χ0) is 23.5. The number of esters is 1. The van der Waals surface area contributed by atoms with Crippen LogP contribution in [-0.4, -0.2) is 37.0 Å². The molecule has 0 radical (unpaired) electrons. The van der Waals surface area contributed by atoms with Crippen LogP contribution >= 0.6 is 0 Å². The van der Waals surface area contributed by atoms with Gasteiger partial charge in [-0.25, -0.2) is 4.79 Å². The number of carbonyl (C=O) groups excluding carboxylic acids is 3. The Bertz CT molecular complexity index is 1030. The molecule has 0 saturated carbocycles. The van der Waals surface area contributed by atoms with Gasteiger partial charge in [0.15, 0.2) is 0 Å². The average Bonchev–Trinajstić information content (AvgIpc) is 3.32. The van der Waals surface area contributed by atoms with Crippen molar-refractivity contribution in [3.05, 3.63) is 71.2 Å². The van der Waals surface area contributed by atoms with E-state index < -0.39 is 17.9 Å². The maximum atomic E-state index is 12.9. The van der Waals surface area contributed by atoms with E-state index in [0.29, 0.717) is 24.2 Å². The topological polar surface area (TPSA) is 93.7 Å². The third kappa shape index (κ3) is 4.72. The first-order chi connectivity index (χ1) is 15.9. The van der Waals surface area contributed by atoms with Gasteiger partial charge in [-0.3, -0.25) is 9.59 Å². The van der Waals surface area contributed by atoms with Crippen LogP contribution in [0.5, 0.6) is 0 Å². The van der Waals surface area contributed by atoms with Gasteiger partial charge in [0.05, 0.1) is 36.5 Å². The van der Waals surface area contributed by atoms with E-state index in [1.807, 2.05) is 24.3 Å². The number of ether oxygens (including phenoxy) is 2. The van der Waals surface area contributed by atoms with E-state index in [-0.39, 0.29) is 30.3 Å². The highest BCUT2D eigenvalue weighted by Gasteiger charge is 2.50. The summed E-state index contributed by atoms with van der Waals surface area (Å²) in [6.07, 6.45) is 14.1. The number of carbonyl (C=O) groups is 3. The van der Waals surface area contributed by atoms with Crippen LogP contribution in [0.15, 0.2) is 71.2 Å². The monoisotopic (exact) mass is 450 g/mol. The highest BCUT2D eigenvalue weighted by molar-refractivity contribution is 6.09. The third-order valence-electron chi connectivity index (χ3n) is 6.37. The summed E-state index contributed by atoms with van der Waals surface area (Å²) in [6.45, 7) is 7.93. The molecule has 4 atom stereocenters. The molecule has 1 saturated heterocycles. The van der Waals surface area contributed by atoms with Crippen LogP contribution < -0.4 is 10.6 Å². The summed E-state index contributed by atoms with van der Waals surface area (Å²) in [7, 11) is 0. The molecule has 0 aromatic heterocycles. The molecule has 2 heterocycles. The number of hydrogen-bond acceptors (Lipinski definition) is 5. The van der Waals surface area contributed by atoms with Crippen molar-refractivity contribution in [3.63, 3.8) is 0 Å². The van der Waals surface area contributed by atoms with Crippen LogP contribution in [0.1, 0.15) is 33.1 Å². The quantitative estimate of drug-likeness (QED) is 0.337. The van der Waals surface area contributed by atoms with Gasteiger partial charge in [0.1, 0.15) is 0 Å². The lowest BCUT2D eigenvalue weighted by molar-refractivity contribution is -0.139. The van der Waals surface area contributed by atoms with Crippen molar-refractivity contribution >= 4 is 17.8 Å². The largest absolute Gasteiger partial charge is 0.498 e. The molecule has 2 amide bonds. The minimum atomic E-state index is -0.539. The van der Waals surface area contributed by atoms with Crippen molar-refractivity contribution < 1.29 is 23.9 Å². The van der Waals surface area contributed by atoms with Gasteiger partial charge < -0.3 is 20.1 Å². The minimum absolute atomic E-state index is 0.0165. The molecule has 4 aliphatic rings. The molecule has 4 rings (SSSR count). The maximum Gasteiger partial charge on any atom is 0.333 e. The summed E-state index contributed by atoms with van der Waals surface area (Å²) in [4.78, 5) is 37.3. The molecule has 2 aliphatic carbocycles. The van der Waals surface area contributed by atoms with Crippen molar-refractivity contribution in [2.24, 2.45) is 17.8 Å². The van der Waals surface area contributed by atoms with Gasteiger partial charge in [0.2, 0.25) is 11.8 Å². The summed E-state index contributed by atoms with van der Waals surface area (Å²) in [6, 6.07) is -0.404. The predicted octanol–water partition coefficient (Wildman–Crippen LogP) is 2.99. The fraction of sp³-hybridized carbons (Fsp3) is 0.423. The number of hydrogen-bond donors (Lipinski definition) is 2. The Morgan fingerprint density at radius 2 is 2.00 bits per heavy atom. The first kappa shape index (κ1) is 22.8. The average molecular weight is 451 g/mol. The van der Waals surface area contributed by atoms with E-state index in [1.165, 1.54) is 0 Å². The van der Waals surface area contributed by atoms with Gasteiger partial charge in [-0.15, -0.1) is 0 Å². The fourth-order valence-corrected chi connectivity index (χ4v) is 4.66. The van der Waals surface area contributed by atoms with Crippen LogP contribution in [0.4, 0.5) is 0 Å². The standard InChI is InChI=1S/C26H30N2O5/c1-15(2)26(31)33-13-7-12-32-18-10-6-9-17(14-18)22-20-21(25(30)27-22)23(28-24(20)29)19-11-5-4-8-16(19)3/h4-5,8-9,11,14,16,19-20,22H,1,6-7,10,12-13H2,2-3H3,(H,27,30)(H,28,29). The Morgan fingerprint density at radius 1 is 1.21 bits per heavy atom. The highest BCUT2D eigenvalue weighted by Crippen LogP contribution is 2.40. The SMILES string of the molecule is C=C(C)C(=O)OCCCOC1=CC(C2NC(=O)C3=C(C4C=CC=CC4C)NC(=O)C32)=CCC1. The Balaban J connectivity index is 1.42.